The molecule has 5 unspecified atom stereocenters. The third-order valence-electron chi connectivity index (χ3n) is 8.36. The number of aliphatic hydroxyl groups is 2. The molecule has 2 fully saturated rings. The lowest BCUT2D eigenvalue weighted by atomic mass is 9.95. The first-order chi connectivity index (χ1) is 27.7. The van der Waals surface area contributed by atoms with Crippen LogP contribution in [0.1, 0.15) is 39.5 Å². The summed E-state index contributed by atoms with van der Waals surface area (Å²) in [4.78, 5) is 81.9. The fourth-order valence-electron chi connectivity index (χ4n) is 5.99. The number of carbonyl (C=O) groups excluding carboxylic acids is 4. The highest BCUT2D eigenvalue weighted by Crippen LogP contribution is 2.62. The number of nitrogens with zero attached hydrogens (tertiary/aromatic N) is 4. The predicted molar refractivity (Wildman–Crippen MR) is 196 cm³/mol. The van der Waals surface area contributed by atoms with E-state index >= 15 is 4.39 Å². The van der Waals surface area contributed by atoms with E-state index < -0.39 is 113 Å². The van der Waals surface area contributed by atoms with Crippen LogP contribution in [0, 0.1) is 0 Å². The first-order valence-corrected chi connectivity index (χ1v) is 21.4. The molecule has 12 atom stereocenters. The van der Waals surface area contributed by atoms with E-state index in [0.29, 0.717) is 17.9 Å². The third kappa shape index (κ3) is 12.0. The van der Waals surface area contributed by atoms with Crippen LogP contribution < -0.4 is 5.32 Å². The fourth-order valence-corrected chi connectivity index (χ4v) is 9.08. The molecule has 0 radical (unpaired) electrons. The number of aliphatic hydroxyl groups excluding tert-OH is 2. The molecule has 1 aromatic carbocycles. The highest BCUT2D eigenvalue weighted by molar-refractivity contribution is 8.08. The van der Waals surface area contributed by atoms with Crippen molar-refractivity contribution in [2.75, 3.05) is 18.5 Å². The maximum atomic E-state index is 15.5. The number of phosphoric ester groups is 1. The molecule has 324 valence electrons. The highest BCUT2D eigenvalue weighted by Gasteiger charge is 2.57. The Kier molecular flexibility index (Phi) is 15.2. The quantitative estimate of drug-likeness (QED) is 0.0712. The second-order valence-corrected chi connectivity index (χ2v) is 17.2. The number of alkyl halides is 1. The number of esters is 4. The molecule has 0 bridgehead atoms. The van der Waals surface area contributed by atoms with Gasteiger partial charge in [0.1, 0.15) is 37.4 Å². The van der Waals surface area contributed by atoms with Crippen molar-refractivity contribution in [2.24, 2.45) is 0 Å². The number of hydrogen-bond acceptors (Lipinski definition) is 21. The average molecular weight is 896 g/mol. The van der Waals surface area contributed by atoms with Crippen molar-refractivity contribution < 1.29 is 89.9 Å². The zero-order valence-electron chi connectivity index (χ0n) is 31.4. The van der Waals surface area contributed by atoms with Crippen molar-refractivity contribution >= 4 is 67.2 Å². The zero-order valence-corrected chi connectivity index (χ0v) is 34.0. The molecule has 3 aromatic rings. The summed E-state index contributed by atoms with van der Waals surface area (Å²) < 4.78 is 76.5. The number of ether oxygens (including phenoxy) is 6. The number of carbonyl (C=O) groups is 4. The first kappa shape index (κ1) is 46.0. The van der Waals surface area contributed by atoms with E-state index in [4.69, 9.17) is 48.8 Å². The average Bonchev–Trinajstić information content (AvgIpc) is 3.70. The van der Waals surface area contributed by atoms with Gasteiger partial charge in [-0.3, -0.25) is 28.3 Å². The van der Waals surface area contributed by atoms with Crippen LogP contribution in [0.15, 0.2) is 43.0 Å². The van der Waals surface area contributed by atoms with Gasteiger partial charge in [-0.2, -0.15) is 0 Å². The van der Waals surface area contributed by atoms with Gasteiger partial charge < -0.3 is 58.3 Å². The Morgan fingerprint density at radius 2 is 1.56 bits per heavy atom. The van der Waals surface area contributed by atoms with Crippen molar-refractivity contribution in [1.29, 1.82) is 0 Å². The van der Waals surface area contributed by atoms with Gasteiger partial charge in [-0.1, -0.05) is 30.3 Å². The zero-order chi connectivity index (χ0) is 43.2. The van der Waals surface area contributed by atoms with Crippen LogP contribution >= 0.6 is 14.5 Å². The lowest BCUT2D eigenvalue weighted by Gasteiger charge is -2.44. The van der Waals surface area contributed by atoms with Crippen LogP contribution in [-0.4, -0.2) is 132 Å². The number of imidazole rings is 1. The Morgan fingerprint density at radius 1 is 0.915 bits per heavy atom. The number of hydrogen-bond donors (Lipinski definition) is 5. The number of benzene rings is 1. The first-order valence-electron chi connectivity index (χ1n) is 17.4. The molecule has 2 aliphatic rings. The maximum absolute atomic E-state index is 15.5. The highest BCUT2D eigenvalue weighted by atomic mass is 32.5. The van der Waals surface area contributed by atoms with E-state index in [1.807, 2.05) is 30.3 Å². The van der Waals surface area contributed by atoms with Crippen LogP contribution in [0.4, 0.5) is 10.2 Å². The Balaban J connectivity index is 1.29. The van der Waals surface area contributed by atoms with E-state index in [2.05, 4.69) is 25.0 Å². The van der Waals surface area contributed by atoms with Crippen LogP contribution in [0.5, 0.6) is 0 Å². The Bertz CT molecular complexity index is 2090. The summed E-state index contributed by atoms with van der Waals surface area (Å²) in [5.41, 5.74) is 1.48. The van der Waals surface area contributed by atoms with E-state index in [9.17, 15) is 43.7 Å². The van der Waals surface area contributed by atoms with Gasteiger partial charge in [0.2, 0.25) is 6.29 Å². The van der Waals surface area contributed by atoms with Crippen molar-refractivity contribution in [2.45, 2.75) is 95.7 Å². The predicted octanol–water partition coefficient (Wildman–Crippen LogP) is 0.846. The number of nitrogens with one attached hydrogen (secondary N) is 1. The Morgan fingerprint density at radius 3 is 2.20 bits per heavy atom. The summed E-state index contributed by atoms with van der Waals surface area (Å²) in [5.74, 6) is -3.81. The molecule has 2 aromatic heterocycles. The monoisotopic (exact) mass is 895 g/mol. The molecule has 0 aliphatic carbocycles. The second kappa shape index (κ2) is 19.5. The van der Waals surface area contributed by atoms with Gasteiger partial charge >= 0.3 is 38.4 Å². The number of rotatable bonds is 17. The van der Waals surface area contributed by atoms with Crippen LogP contribution in [-0.2, 0) is 83.9 Å². The molecule has 27 heteroatoms. The molecular weight excluding hydrogens is 855 g/mol. The minimum absolute atomic E-state index is 0.210. The standard InChI is InChI=1S/C32H40FN5O18P2S/c1-15(39)48-11-20(33)25-26(50-16(2)40)27(51-17(3)41)28(52-18(4)42)32(54-25)55-57(45,46)56-58(47,59)49-12-21-23(43)24(44)31(53-21)38-14-37-22-29(35-13-36-30(22)38)34-10-19-8-6-5-7-9-19/h5-9,13-14,20-21,23-28,31-32,43-44H,10-12H2,1-4H3,(H,45,46)(H,47,59)(H,34,35,36)/t20-,21+,23-,24?,25?,26+,27?,28+,31+,32-,58?/m0/s1. The second-order valence-electron chi connectivity index (χ2n) is 12.9. The molecule has 4 heterocycles. The third-order valence-corrected chi connectivity index (χ3v) is 11.9. The molecule has 2 aliphatic heterocycles. The van der Waals surface area contributed by atoms with Crippen molar-refractivity contribution in [3.05, 3.63) is 48.5 Å². The smallest absolute Gasteiger partial charge is 0.463 e. The lowest BCUT2D eigenvalue weighted by Crippen LogP contribution is -2.64. The van der Waals surface area contributed by atoms with Gasteiger partial charge in [0, 0.05) is 34.2 Å². The minimum atomic E-state index is -5.74. The summed E-state index contributed by atoms with van der Waals surface area (Å²) in [6.07, 6.45) is -16.4. The van der Waals surface area contributed by atoms with Crippen molar-refractivity contribution in [1.82, 2.24) is 19.5 Å². The molecule has 0 spiro atoms. The minimum Gasteiger partial charge on any atom is -0.463 e. The van der Waals surface area contributed by atoms with Crippen molar-refractivity contribution in [3.63, 3.8) is 0 Å². The van der Waals surface area contributed by atoms with Gasteiger partial charge in [0.05, 0.1) is 12.9 Å². The van der Waals surface area contributed by atoms with E-state index in [-0.39, 0.29) is 5.65 Å². The van der Waals surface area contributed by atoms with Gasteiger partial charge in [-0.15, -0.1) is 0 Å². The number of anilines is 1. The summed E-state index contributed by atoms with van der Waals surface area (Å²) in [6, 6.07) is 9.44. The van der Waals surface area contributed by atoms with Gasteiger partial charge in [0.25, 0.3) is 0 Å². The number of fused-ring (bicyclic) bond motifs is 1. The lowest BCUT2D eigenvalue weighted by molar-refractivity contribution is -0.296. The number of aromatic nitrogens is 4. The topological polar surface area (TPSA) is 305 Å². The van der Waals surface area contributed by atoms with E-state index in [1.54, 1.807) is 0 Å². The SMILES string of the molecule is CC(=O)OC[C@H](F)C1O[C@@H](OP(=O)(O)OP(O)(=S)OC[C@H]2O[C@@H](n3cnc4c(NCc5ccccc5)ncnc43)C(O)[C@H]2O)[C@H](OC(C)=O)C(OC(C)=O)[C@@H]1OC(C)=O. The fraction of sp³-hybridized carbons (Fsp3) is 0.531. The maximum Gasteiger partial charge on any atom is 0.481 e. The largest absolute Gasteiger partial charge is 0.481 e. The van der Waals surface area contributed by atoms with Gasteiger partial charge in [0.15, 0.2) is 47.7 Å². The Hall–Kier alpha value is -4.10. The van der Waals surface area contributed by atoms with E-state index in [1.165, 1.54) is 17.2 Å². The number of halogens is 1. The molecule has 23 nitrogen and oxygen atoms in total. The van der Waals surface area contributed by atoms with Crippen molar-refractivity contribution in [3.8, 4) is 0 Å². The van der Waals surface area contributed by atoms with Gasteiger partial charge in [-0.25, -0.2) is 28.2 Å². The molecule has 5 N–H and O–H groups in total. The summed E-state index contributed by atoms with van der Waals surface area (Å²) in [6.45, 7) is -2.72. The van der Waals surface area contributed by atoms with Crippen LogP contribution in [0.3, 0.4) is 0 Å². The Labute approximate surface area is 338 Å². The molecular formula is C32H40FN5O18P2S. The summed E-state index contributed by atoms with van der Waals surface area (Å²) in [7, 11) is -5.74. The molecule has 0 amide bonds. The molecule has 59 heavy (non-hydrogen) atoms. The summed E-state index contributed by atoms with van der Waals surface area (Å²) in [5, 5.41) is 24.9. The van der Waals surface area contributed by atoms with Crippen LogP contribution in [0.2, 0.25) is 0 Å². The molecule has 5 rings (SSSR count). The van der Waals surface area contributed by atoms with Gasteiger partial charge in [-0.05, 0) is 17.4 Å². The molecule has 2 saturated heterocycles. The van der Waals surface area contributed by atoms with E-state index in [0.717, 1.165) is 33.3 Å². The number of phosphoric acid groups is 1. The summed E-state index contributed by atoms with van der Waals surface area (Å²) >= 11 is 4.89. The molecule has 0 saturated carbocycles. The van der Waals surface area contributed by atoms with Crippen LogP contribution in [0.25, 0.3) is 11.2 Å². The normalized spacial score (nSPS) is 28.1.